The largest absolute Gasteiger partial charge is 0.463 e. The van der Waals surface area contributed by atoms with Crippen molar-refractivity contribution < 1.29 is 23.7 Å². The number of carbonyl (C=O) groups excluding carboxylic acids is 1. The van der Waals surface area contributed by atoms with Gasteiger partial charge in [-0.15, -0.1) is 0 Å². The van der Waals surface area contributed by atoms with Crippen LogP contribution in [0.5, 0.6) is 0 Å². The van der Waals surface area contributed by atoms with Gasteiger partial charge in [0, 0.05) is 25.1 Å². The van der Waals surface area contributed by atoms with E-state index in [2.05, 4.69) is 4.98 Å². The zero-order valence-electron chi connectivity index (χ0n) is 16.8. The van der Waals surface area contributed by atoms with Crippen LogP contribution in [0.15, 0.2) is 46.1 Å². The number of fused-ring (bicyclic) bond motifs is 2. The summed E-state index contributed by atoms with van der Waals surface area (Å²) in [4.78, 5) is 37.8. The van der Waals surface area contributed by atoms with Gasteiger partial charge in [0.1, 0.15) is 18.9 Å². The summed E-state index contributed by atoms with van der Waals surface area (Å²) in [5.41, 5.74) is -0.680. The lowest BCUT2D eigenvalue weighted by Crippen LogP contribution is -2.57. The predicted octanol–water partition coefficient (Wildman–Crippen LogP) is 1.05. The van der Waals surface area contributed by atoms with Gasteiger partial charge in [-0.25, -0.2) is 4.79 Å². The molecule has 9 heteroatoms. The van der Waals surface area contributed by atoms with Gasteiger partial charge in [0.2, 0.25) is 0 Å². The highest BCUT2D eigenvalue weighted by molar-refractivity contribution is 5.66. The molecule has 2 aliphatic heterocycles. The van der Waals surface area contributed by atoms with E-state index in [-0.39, 0.29) is 19.3 Å². The number of aromatic nitrogens is 2. The maximum atomic E-state index is 12.4. The third-order valence-electron chi connectivity index (χ3n) is 5.45. The Morgan fingerprint density at radius 1 is 1.30 bits per heavy atom. The maximum absolute atomic E-state index is 12.4. The Hall–Kier alpha value is -2.75. The van der Waals surface area contributed by atoms with E-state index in [1.165, 1.54) is 17.7 Å². The van der Waals surface area contributed by atoms with E-state index >= 15 is 0 Å². The van der Waals surface area contributed by atoms with Crippen molar-refractivity contribution in [1.29, 1.82) is 0 Å². The van der Waals surface area contributed by atoms with Crippen molar-refractivity contribution in [3.8, 4) is 0 Å². The first-order valence-electron chi connectivity index (χ1n) is 9.78. The first kappa shape index (κ1) is 20.5. The van der Waals surface area contributed by atoms with Gasteiger partial charge in [-0.3, -0.25) is 19.1 Å². The molecule has 2 bridgehead atoms. The van der Waals surface area contributed by atoms with E-state index in [9.17, 15) is 14.4 Å². The molecular formula is C21H24N2O7. The second-order valence-electron chi connectivity index (χ2n) is 7.70. The fraction of sp³-hybridized carbons (Fsp3) is 0.476. The summed E-state index contributed by atoms with van der Waals surface area (Å²) in [6.45, 7) is 3.38. The molecule has 0 spiro atoms. The first-order chi connectivity index (χ1) is 14.4. The van der Waals surface area contributed by atoms with Gasteiger partial charge in [-0.1, -0.05) is 30.3 Å². The molecule has 9 nitrogen and oxygen atoms in total. The number of H-pyrrole nitrogens is 1. The quantitative estimate of drug-likeness (QED) is 0.701. The summed E-state index contributed by atoms with van der Waals surface area (Å²) in [6, 6.07) is 9.69. The molecule has 1 unspecified atom stereocenters. The van der Waals surface area contributed by atoms with E-state index in [0.29, 0.717) is 18.6 Å². The van der Waals surface area contributed by atoms with Crippen LogP contribution in [-0.2, 0) is 30.3 Å². The number of aromatic amines is 1. The minimum Gasteiger partial charge on any atom is -0.463 e. The molecule has 0 saturated carbocycles. The van der Waals surface area contributed by atoms with Crippen molar-refractivity contribution in [3.05, 3.63) is 68.5 Å². The summed E-state index contributed by atoms with van der Waals surface area (Å²) in [5, 5.41) is 0. The number of nitrogens with zero attached hydrogens (tertiary/aromatic N) is 1. The number of nitrogens with one attached hydrogen (secondary N) is 1. The van der Waals surface area contributed by atoms with Crippen molar-refractivity contribution in [1.82, 2.24) is 9.55 Å². The molecule has 1 aromatic carbocycles. The van der Waals surface area contributed by atoms with Crippen LogP contribution in [-0.4, -0.2) is 46.5 Å². The molecule has 0 amide bonds. The van der Waals surface area contributed by atoms with Crippen LogP contribution in [0.25, 0.3) is 0 Å². The third-order valence-corrected chi connectivity index (χ3v) is 5.45. The van der Waals surface area contributed by atoms with Crippen molar-refractivity contribution in [2.75, 3.05) is 13.2 Å². The number of esters is 1. The van der Waals surface area contributed by atoms with E-state index in [1.807, 2.05) is 30.3 Å². The van der Waals surface area contributed by atoms with Crippen molar-refractivity contribution >= 4 is 5.97 Å². The highest BCUT2D eigenvalue weighted by Crippen LogP contribution is 2.43. The number of hydrogen-bond donors (Lipinski definition) is 1. The standard InChI is InChI=1S/C21H24N2O7/c1-13-9-23(20(26)22-19(13)25)17-8-16-18(27-10-15-6-4-3-5-7-15)21(30-17,12-29-16)11-28-14(2)24/h3-7,9,16-18H,8,10-12H2,1-2H3,(H,22,25,26)/t16?,17-,18-,21-/m0/s1. The lowest BCUT2D eigenvalue weighted by Gasteiger charge is -2.42. The Bertz CT molecular complexity index is 1030. The smallest absolute Gasteiger partial charge is 0.330 e. The lowest BCUT2D eigenvalue weighted by molar-refractivity contribution is -0.229. The normalized spacial score (nSPS) is 27.7. The molecule has 160 valence electrons. The lowest BCUT2D eigenvalue weighted by atomic mass is 9.91. The Morgan fingerprint density at radius 2 is 2.07 bits per heavy atom. The topological polar surface area (TPSA) is 109 Å². The average molecular weight is 416 g/mol. The number of benzene rings is 1. The van der Waals surface area contributed by atoms with Crippen LogP contribution >= 0.6 is 0 Å². The molecule has 3 heterocycles. The first-order valence-corrected chi connectivity index (χ1v) is 9.78. The highest BCUT2D eigenvalue weighted by Gasteiger charge is 2.58. The van der Waals surface area contributed by atoms with E-state index < -0.39 is 35.2 Å². The predicted molar refractivity (Wildman–Crippen MR) is 105 cm³/mol. The second-order valence-corrected chi connectivity index (χ2v) is 7.70. The van der Waals surface area contributed by atoms with Crippen LogP contribution in [0, 0.1) is 6.92 Å². The Morgan fingerprint density at radius 3 is 2.80 bits per heavy atom. The van der Waals surface area contributed by atoms with Crippen LogP contribution < -0.4 is 11.2 Å². The maximum Gasteiger partial charge on any atom is 0.330 e. The molecule has 2 aromatic rings. The highest BCUT2D eigenvalue weighted by atomic mass is 16.6. The fourth-order valence-corrected chi connectivity index (χ4v) is 3.94. The monoisotopic (exact) mass is 416 g/mol. The van der Waals surface area contributed by atoms with Crippen LogP contribution in [0.2, 0.25) is 0 Å². The van der Waals surface area contributed by atoms with Crippen LogP contribution in [0.3, 0.4) is 0 Å². The summed E-state index contributed by atoms with van der Waals surface area (Å²) in [5.74, 6) is -0.447. The third kappa shape index (κ3) is 3.96. The van der Waals surface area contributed by atoms with Gasteiger partial charge in [-0.05, 0) is 12.5 Å². The number of carbonyl (C=O) groups is 1. The average Bonchev–Trinajstić information content (AvgIpc) is 2.93. The van der Waals surface area contributed by atoms with Crippen molar-refractivity contribution in [2.24, 2.45) is 0 Å². The number of ether oxygens (including phenoxy) is 4. The van der Waals surface area contributed by atoms with E-state index in [0.717, 1.165) is 5.56 Å². The molecule has 2 saturated heterocycles. The zero-order valence-corrected chi connectivity index (χ0v) is 16.8. The molecule has 0 radical (unpaired) electrons. The molecule has 1 aromatic heterocycles. The Kier molecular flexibility index (Phi) is 5.59. The number of hydrogen-bond acceptors (Lipinski definition) is 7. The number of rotatable bonds is 6. The van der Waals surface area contributed by atoms with Crippen LogP contribution in [0.4, 0.5) is 0 Å². The number of aryl methyl sites for hydroxylation is 1. The molecule has 4 atom stereocenters. The molecule has 2 aliphatic rings. The summed E-state index contributed by atoms with van der Waals surface area (Å²) >= 11 is 0. The second kappa shape index (κ2) is 8.17. The van der Waals surface area contributed by atoms with Gasteiger partial charge in [0.05, 0.1) is 19.3 Å². The minimum absolute atomic E-state index is 0.0636. The van der Waals surface area contributed by atoms with Gasteiger partial charge in [0.15, 0.2) is 5.60 Å². The summed E-state index contributed by atoms with van der Waals surface area (Å²) in [6.07, 6.45) is 0.297. The molecule has 30 heavy (non-hydrogen) atoms. The zero-order chi connectivity index (χ0) is 21.3. The molecular weight excluding hydrogens is 392 g/mol. The van der Waals surface area contributed by atoms with Crippen molar-refractivity contribution in [3.63, 3.8) is 0 Å². The Balaban J connectivity index is 1.61. The van der Waals surface area contributed by atoms with Crippen LogP contribution in [0.1, 0.15) is 30.7 Å². The van der Waals surface area contributed by atoms with Gasteiger partial charge >= 0.3 is 11.7 Å². The Labute approximate surface area is 172 Å². The summed E-state index contributed by atoms with van der Waals surface area (Å²) < 4.78 is 25.0. The van der Waals surface area contributed by atoms with Gasteiger partial charge < -0.3 is 18.9 Å². The van der Waals surface area contributed by atoms with E-state index in [4.69, 9.17) is 18.9 Å². The molecule has 1 N–H and O–H groups in total. The SMILES string of the molecule is CC(=O)OC[C@@]12COC(C[C@@H](n3cc(C)c(=O)[nH]c3=O)O1)[C@@H]2OCc1ccccc1. The van der Waals surface area contributed by atoms with Gasteiger partial charge in [0.25, 0.3) is 5.56 Å². The minimum atomic E-state index is -1.06. The summed E-state index contributed by atoms with van der Waals surface area (Å²) in [7, 11) is 0. The van der Waals surface area contributed by atoms with Gasteiger partial charge in [-0.2, -0.15) is 0 Å². The fourth-order valence-electron chi connectivity index (χ4n) is 3.94. The molecule has 2 fully saturated rings. The van der Waals surface area contributed by atoms with Crippen molar-refractivity contribution in [2.45, 2.75) is 50.9 Å². The van der Waals surface area contributed by atoms with E-state index in [1.54, 1.807) is 6.92 Å². The molecule has 0 aliphatic carbocycles. The molecule has 4 rings (SSSR count).